The summed E-state index contributed by atoms with van der Waals surface area (Å²) >= 11 is 0. The van der Waals surface area contributed by atoms with Crippen LogP contribution in [0.5, 0.6) is 0 Å². The van der Waals surface area contributed by atoms with E-state index in [0.29, 0.717) is 19.6 Å². The van der Waals surface area contributed by atoms with Gasteiger partial charge in [-0.2, -0.15) is 5.26 Å². The van der Waals surface area contributed by atoms with Gasteiger partial charge in [0, 0.05) is 13.2 Å². The molecule has 2 heterocycles. The quantitative estimate of drug-likeness (QED) is 0.714. The molecular formula is C12H20N2O2. The Labute approximate surface area is 96.8 Å². The van der Waals surface area contributed by atoms with Gasteiger partial charge in [-0.15, -0.1) is 0 Å². The normalized spacial score (nSPS) is 41.6. The van der Waals surface area contributed by atoms with E-state index in [1.54, 1.807) is 0 Å². The van der Waals surface area contributed by atoms with Crippen molar-refractivity contribution >= 4 is 0 Å². The summed E-state index contributed by atoms with van der Waals surface area (Å²) in [6, 6.07) is 2.35. The molecule has 1 N–H and O–H groups in total. The van der Waals surface area contributed by atoms with Crippen LogP contribution in [0, 0.1) is 16.7 Å². The summed E-state index contributed by atoms with van der Waals surface area (Å²) in [5.41, 5.74) is -1.59. The number of hydrogen-bond acceptors (Lipinski definition) is 4. The second-order valence-electron chi connectivity index (χ2n) is 5.22. The number of nitriles is 1. The number of aliphatic hydroxyl groups is 1. The molecule has 2 aliphatic heterocycles. The molecule has 0 aromatic carbocycles. The van der Waals surface area contributed by atoms with Gasteiger partial charge < -0.3 is 14.7 Å². The Balaban J connectivity index is 2.21. The monoisotopic (exact) mass is 224 g/mol. The van der Waals surface area contributed by atoms with Crippen LogP contribution in [0.3, 0.4) is 0 Å². The Kier molecular flexibility index (Phi) is 3.20. The van der Waals surface area contributed by atoms with Crippen LogP contribution in [-0.2, 0) is 4.74 Å². The first-order chi connectivity index (χ1) is 7.62. The molecule has 2 unspecified atom stereocenters. The minimum atomic E-state index is -0.894. The summed E-state index contributed by atoms with van der Waals surface area (Å²) in [5.74, 6) is 0. The maximum atomic E-state index is 10.8. The van der Waals surface area contributed by atoms with Crippen LogP contribution < -0.4 is 0 Å². The number of rotatable bonds is 1. The van der Waals surface area contributed by atoms with Crippen molar-refractivity contribution in [1.82, 2.24) is 4.90 Å². The standard InChI is InChI=1S/C12H20N2O2/c1-14-6-2-5-12(15,9-14)11(8-13)4-3-7-16-10-11/h15H,2-7,9-10H2,1H3. The highest BCUT2D eigenvalue weighted by molar-refractivity contribution is 5.14. The zero-order chi connectivity index (χ0) is 11.6. The molecule has 2 aliphatic rings. The molecule has 0 radical (unpaired) electrons. The summed E-state index contributed by atoms with van der Waals surface area (Å²) in [6.45, 7) is 2.69. The van der Waals surface area contributed by atoms with Crippen LogP contribution in [0.1, 0.15) is 25.7 Å². The summed E-state index contributed by atoms with van der Waals surface area (Å²) in [6.07, 6.45) is 3.30. The van der Waals surface area contributed by atoms with Crippen LogP contribution in [0.15, 0.2) is 0 Å². The molecule has 0 aliphatic carbocycles. The van der Waals surface area contributed by atoms with E-state index in [9.17, 15) is 10.4 Å². The van der Waals surface area contributed by atoms with Gasteiger partial charge in [0.1, 0.15) is 5.41 Å². The highest BCUT2D eigenvalue weighted by Gasteiger charge is 2.53. The molecule has 16 heavy (non-hydrogen) atoms. The van der Waals surface area contributed by atoms with Crippen molar-refractivity contribution in [3.05, 3.63) is 0 Å². The lowest BCUT2D eigenvalue weighted by molar-refractivity contribution is -0.144. The van der Waals surface area contributed by atoms with Crippen LogP contribution >= 0.6 is 0 Å². The van der Waals surface area contributed by atoms with E-state index >= 15 is 0 Å². The van der Waals surface area contributed by atoms with Gasteiger partial charge in [-0.3, -0.25) is 0 Å². The summed E-state index contributed by atoms with van der Waals surface area (Å²) in [5, 5.41) is 20.2. The molecule has 90 valence electrons. The van der Waals surface area contributed by atoms with Gasteiger partial charge in [0.15, 0.2) is 0 Å². The van der Waals surface area contributed by atoms with E-state index in [0.717, 1.165) is 32.4 Å². The molecule has 4 heteroatoms. The molecule has 0 bridgehead atoms. The lowest BCUT2D eigenvalue weighted by Crippen LogP contribution is -2.59. The third-order valence-corrected chi connectivity index (χ3v) is 4.01. The number of nitrogens with zero attached hydrogens (tertiary/aromatic N) is 2. The largest absolute Gasteiger partial charge is 0.387 e. The van der Waals surface area contributed by atoms with Crippen molar-refractivity contribution in [2.24, 2.45) is 5.41 Å². The third kappa shape index (κ3) is 1.84. The highest BCUT2D eigenvalue weighted by atomic mass is 16.5. The highest BCUT2D eigenvalue weighted by Crippen LogP contribution is 2.43. The second kappa shape index (κ2) is 4.33. The van der Waals surface area contributed by atoms with Gasteiger partial charge in [-0.25, -0.2) is 0 Å². The van der Waals surface area contributed by atoms with Crippen molar-refractivity contribution < 1.29 is 9.84 Å². The first kappa shape index (κ1) is 11.8. The minimum Gasteiger partial charge on any atom is -0.387 e. The van der Waals surface area contributed by atoms with Crippen LogP contribution in [0.25, 0.3) is 0 Å². The maximum absolute atomic E-state index is 10.8. The SMILES string of the molecule is CN1CCCC(O)(C2(C#N)CCCOC2)C1. The van der Waals surface area contributed by atoms with E-state index in [1.165, 1.54) is 0 Å². The van der Waals surface area contributed by atoms with Gasteiger partial charge in [-0.05, 0) is 39.3 Å². The molecule has 0 aromatic heterocycles. The van der Waals surface area contributed by atoms with E-state index in [-0.39, 0.29) is 0 Å². The molecule has 2 fully saturated rings. The van der Waals surface area contributed by atoms with Crippen molar-refractivity contribution in [3.8, 4) is 6.07 Å². The molecule has 0 spiro atoms. The summed E-state index contributed by atoms with van der Waals surface area (Å²) in [7, 11) is 2.00. The Hall–Kier alpha value is -0.630. The van der Waals surface area contributed by atoms with Gasteiger partial charge >= 0.3 is 0 Å². The van der Waals surface area contributed by atoms with E-state index in [4.69, 9.17) is 4.74 Å². The Bertz CT molecular complexity index is 294. The number of ether oxygens (including phenoxy) is 1. The second-order valence-corrected chi connectivity index (χ2v) is 5.22. The molecule has 4 nitrogen and oxygen atoms in total. The van der Waals surface area contributed by atoms with Crippen LogP contribution in [0.4, 0.5) is 0 Å². The lowest BCUT2D eigenvalue weighted by atomic mass is 9.66. The van der Waals surface area contributed by atoms with Crippen molar-refractivity contribution in [1.29, 1.82) is 5.26 Å². The van der Waals surface area contributed by atoms with Gasteiger partial charge in [-0.1, -0.05) is 0 Å². The van der Waals surface area contributed by atoms with Crippen LogP contribution in [-0.4, -0.2) is 49.0 Å². The molecule has 0 saturated carbocycles. The predicted octanol–water partition coefficient (Wildman–Crippen LogP) is 0.763. The smallest absolute Gasteiger partial charge is 0.110 e. The number of piperidine rings is 1. The predicted molar refractivity (Wildman–Crippen MR) is 59.8 cm³/mol. The minimum absolute atomic E-state index is 0.383. The topological polar surface area (TPSA) is 56.5 Å². The van der Waals surface area contributed by atoms with Gasteiger partial charge in [0.2, 0.25) is 0 Å². The number of likely N-dealkylation sites (tertiary alicyclic amines) is 1. The Morgan fingerprint density at radius 1 is 1.38 bits per heavy atom. The molecule has 2 atom stereocenters. The van der Waals surface area contributed by atoms with Crippen molar-refractivity contribution in [3.63, 3.8) is 0 Å². The molecular weight excluding hydrogens is 204 g/mol. The van der Waals surface area contributed by atoms with E-state index in [2.05, 4.69) is 11.0 Å². The number of β-amino-alcohol motifs (C(OH)–C–C–N with tert-alkyl or cyclic N) is 1. The maximum Gasteiger partial charge on any atom is 0.110 e. The summed E-state index contributed by atoms with van der Waals surface area (Å²) < 4.78 is 5.43. The Morgan fingerprint density at radius 2 is 2.19 bits per heavy atom. The first-order valence-corrected chi connectivity index (χ1v) is 6.02. The molecule has 2 rings (SSSR count). The molecule has 0 aromatic rings. The zero-order valence-corrected chi connectivity index (χ0v) is 9.91. The molecule has 0 amide bonds. The summed E-state index contributed by atoms with van der Waals surface area (Å²) in [4.78, 5) is 2.11. The zero-order valence-electron chi connectivity index (χ0n) is 9.91. The average Bonchev–Trinajstić information content (AvgIpc) is 2.29. The first-order valence-electron chi connectivity index (χ1n) is 6.02. The Morgan fingerprint density at radius 3 is 2.75 bits per heavy atom. The fourth-order valence-corrected chi connectivity index (χ4v) is 2.99. The van der Waals surface area contributed by atoms with Gasteiger partial charge in [0.05, 0.1) is 18.3 Å². The van der Waals surface area contributed by atoms with E-state index in [1.807, 2.05) is 7.05 Å². The number of hydrogen-bond donors (Lipinski definition) is 1. The molecule has 2 saturated heterocycles. The van der Waals surface area contributed by atoms with Crippen molar-refractivity contribution in [2.45, 2.75) is 31.3 Å². The van der Waals surface area contributed by atoms with Crippen LogP contribution in [0.2, 0.25) is 0 Å². The fourth-order valence-electron chi connectivity index (χ4n) is 2.99. The van der Waals surface area contributed by atoms with Crippen molar-refractivity contribution in [2.75, 3.05) is 33.4 Å². The average molecular weight is 224 g/mol. The van der Waals surface area contributed by atoms with E-state index < -0.39 is 11.0 Å². The van der Waals surface area contributed by atoms with Gasteiger partial charge in [0.25, 0.3) is 0 Å². The fraction of sp³-hybridized carbons (Fsp3) is 0.917. The number of likely N-dealkylation sites (N-methyl/N-ethyl adjacent to an activating group) is 1. The third-order valence-electron chi connectivity index (χ3n) is 4.01. The lowest BCUT2D eigenvalue weighted by Gasteiger charge is -2.48.